The van der Waals surface area contributed by atoms with E-state index in [4.69, 9.17) is 0 Å². The summed E-state index contributed by atoms with van der Waals surface area (Å²) in [4.78, 5) is 55.7. The van der Waals surface area contributed by atoms with Gasteiger partial charge in [0.05, 0.1) is 11.3 Å². The molecule has 1 aliphatic heterocycles. The van der Waals surface area contributed by atoms with Gasteiger partial charge in [-0.3, -0.25) is 18.5 Å². The largest absolute Gasteiger partial charge is 0.491 e. The Morgan fingerprint density at radius 3 is 2.35 bits per heavy atom. The molecule has 0 bridgehead atoms. The molecule has 34 heavy (non-hydrogen) atoms. The molecule has 0 unspecified atom stereocenters. The molecule has 2 aromatic heterocycles. The molecule has 3 heterocycles. The molecule has 3 aromatic rings. The number of aryl methyl sites for hydroxylation is 1. The van der Waals surface area contributed by atoms with Crippen LogP contribution in [0, 0.1) is 0 Å². The van der Waals surface area contributed by atoms with Gasteiger partial charge in [-0.2, -0.15) is 18.2 Å². The van der Waals surface area contributed by atoms with Crippen molar-refractivity contribution in [3.05, 3.63) is 50.7 Å². The molecule has 0 spiro atoms. The van der Waals surface area contributed by atoms with E-state index in [0.717, 1.165) is 9.13 Å². The van der Waals surface area contributed by atoms with Crippen molar-refractivity contribution < 1.29 is 27.5 Å². The predicted molar refractivity (Wildman–Crippen MR) is 113 cm³/mol. The first-order valence-corrected chi connectivity index (χ1v) is 10.1. The van der Waals surface area contributed by atoms with Crippen LogP contribution < -0.4 is 21.5 Å². The highest BCUT2D eigenvalue weighted by atomic mass is 19.4. The Morgan fingerprint density at radius 2 is 1.71 bits per heavy atom. The molecule has 0 amide bonds. The van der Waals surface area contributed by atoms with Gasteiger partial charge in [0, 0.05) is 40.3 Å². The summed E-state index contributed by atoms with van der Waals surface area (Å²) in [6.45, 7) is 2.11. The van der Waals surface area contributed by atoms with E-state index in [1.165, 1.54) is 42.9 Å². The lowest BCUT2D eigenvalue weighted by molar-refractivity contribution is -0.193. The molecule has 1 N–H and O–H groups in total. The van der Waals surface area contributed by atoms with Crippen molar-refractivity contribution in [1.82, 2.24) is 24.0 Å². The van der Waals surface area contributed by atoms with Crippen LogP contribution in [0.5, 0.6) is 0 Å². The smallest absolute Gasteiger partial charge is 0.383 e. The van der Waals surface area contributed by atoms with Crippen LogP contribution in [0.3, 0.4) is 0 Å². The summed E-state index contributed by atoms with van der Waals surface area (Å²) in [6.07, 6.45) is -5.37. The third kappa shape index (κ3) is 3.85. The number of halogens is 3. The number of anilines is 1. The summed E-state index contributed by atoms with van der Waals surface area (Å²) in [5, 5.41) is 3.17. The number of esters is 2. The summed E-state index contributed by atoms with van der Waals surface area (Å²) in [5.41, 5.74) is -1.82. The third-order valence-electron chi connectivity index (χ3n) is 5.42. The summed E-state index contributed by atoms with van der Waals surface area (Å²) >= 11 is 0. The summed E-state index contributed by atoms with van der Waals surface area (Å²) in [5.74, 6) is -4.01. The number of hydrogen-bond acceptors (Lipinski definition) is 8. The number of para-hydroxylation sites is 1. The van der Waals surface area contributed by atoms with Crippen molar-refractivity contribution >= 4 is 29.1 Å². The van der Waals surface area contributed by atoms with Crippen molar-refractivity contribution in [1.29, 1.82) is 0 Å². The SMILES string of the molecule is Cn1c(=O)c2c(nc(N3CCNCC3)n2-c2ccccc2C(=O)OC(=O)C(F)(F)F)n(C)c1=O. The lowest BCUT2D eigenvalue weighted by Crippen LogP contribution is -2.44. The van der Waals surface area contributed by atoms with Crippen molar-refractivity contribution in [2.24, 2.45) is 14.1 Å². The first-order chi connectivity index (χ1) is 16.0. The molecule has 1 aliphatic rings. The fraction of sp³-hybridized carbons (Fsp3) is 0.350. The fourth-order valence-electron chi connectivity index (χ4n) is 3.73. The standard InChI is InChI=1S/C20H19F3N6O5/c1-26-14-13(15(30)27(2)19(26)33)29(18(25-14)28-9-7-24-8-10-28)12-6-4-3-5-11(12)16(31)34-17(32)20(21,22)23/h3-6,24H,7-10H2,1-2H3. The number of aromatic nitrogens is 4. The minimum Gasteiger partial charge on any atom is -0.383 e. The normalized spacial score (nSPS) is 14.4. The first kappa shape index (κ1) is 23.2. The number of carbonyl (C=O) groups excluding carboxylic acids is 2. The van der Waals surface area contributed by atoms with E-state index in [9.17, 15) is 32.3 Å². The van der Waals surface area contributed by atoms with Crippen LogP contribution in [0.4, 0.5) is 19.1 Å². The number of imidazole rings is 1. The molecule has 0 radical (unpaired) electrons. The van der Waals surface area contributed by atoms with Crippen LogP contribution in [0.2, 0.25) is 0 Å². The van der Waals surface area contributed by atoms with Crippen LogP contribution in [-0.4, -0.2) is 63.0 Å². The number of rotatable bonds is 3. The van der Waals surface area contributed by atoms with Crippen LogP contribution in [0.1, 0.15) is 10.4 Å². The average molecular weight is 480 g/mol. The van der Waals surface area contributed by atoms with Gasteiger partial charge >= 0.3 is 23.8 Å². The van der Waals surface area contributed by atoms with Gasteiger partial charge in [0.1, 0.15) is 0 Å². The molecule has 14 heteroatoms. The van der Waals surface area contributed by atoms with Crippen molar-refractivity contribution in [3.8, 4) is 5.69 Å². The van der Waals surface area contributed by atoms with Gasteiger partial charge in [-0.15, -0.1) is 0 Å². The second-order valence-corrected chi connectivity index (χ2v) is 7.55. The third-order valence-corrected chi connectivity index (χ3v) is 5.42. The fourth-order valence-corrected chi connectivity index (χ4v) is 3.73. The predicted octanol–water partition coefficient (Wildman–Crippen LogP) is 0.0782. The number of benzene rings is 1. The van der Waals surface area contributed by atoms with E-state index in [1.807, 2.05) is 4.90 Å². The minimum absolute atomic E-state index is 0.0242. The first-order valence-electron chi connectivity index (χ1n) is 10.1. The Kier molecular flexibility index (Phi) is 5.77. The van der Waals surface area contributed by atoms with Gasteiger partial charge in [-0.05, 0) is 12.1 Å². The number of alkyl halides is 3. The zero-order chi connectivity index (χ0) is 24.8. The zero-order valence-corrected chi connectivity index (χ0v) is 18.0. The van der Waals surface area contributed by atoms with Crippen LogP contribution >= 0.6 is 0 Å². The second-order valence-electron chi connectivity index (χ2n) is 7.55. The lowest BCUT2D eigenvalue weighted by Gasteiger charge is -2.29. The maximum absolute atomic E-state index is 13.1. The average Bonchev–Trinajstić information content (AvgIpc) is 3.22. The Hall–Kier alpha value is -3.94. The molecule has 0 aliphatic carbocycles. The highest BCUT2D eigenvalue weighted by Gasteiger charge is 2.43. The summed E-state index contributed by atoms with van der Waals surface area (Å²) in [7, 11) is 2.69. The zero-order valence-electron chi connectivity index (χ0n) is 18.0. The number of carbonyl (C=O) groups is 2. The monoisotopic (exact) mass is 480 g/mol. The number of ether oxygens (including phenoxy) is 1. The summed E-state index contributed by atoms with van der Waals surface area (Å²) < 4.78 is 45.3. The molecule has 11 nitrogen and oxygen atoms in total. The molecule has 4 rings (SSSR count). The van der Waals surface area contributed by atoms with Crippen molar-refractivity contribution in [2.75, 3.05) is 31.1 Å². The molecular weight excluding hydrogens is 461 g/mol. The Morgan fingerprint density at radius 1 is 1.06 bits per heavy atom. The van der Waals surface area contributed by atoms with Crippen molar-refractivity contribution in [2.45, 2.75) is 6.18 Å². The maximum atomic E-state index is 13.1. The molecule has 180 valence electrons. The Balaban J connectivity index is 2.00. The van der Waals surface area contributed by atoms with E-state index in [-0.39, 0.29) is 22.8 Å². The van der Waals surface area contributed by atoms with Gasteiger partial charge in [-0.1, -0.05) is 12.1 Å². The van der Waals surface area contributed by atoms with Gasteiger partial charge in [0.25, 0.3) is 5.56 Å². The number of nitrogens with one attached hydrogen (secondary N) is 1. The van der Waals surface area contributed by atoms with Gasteiger partial charge in [0.2, 0.25) is 5.95 Å². The van der Waals surface area contributed by atoms with E-state index in [2.05, 4.69) is 15.0 Å². The van der Waals surface area contributed by atoms with E-state index >= 15 is 0 Å². The molecule has 1 fully saturated rings. The molecule has 1 aromatic carbocycles. The molecular formula is C20H19F3N6O5. The van der Waals surface area contributed by atoms with Crippen LogP contribution in [0.15, 0.2) is 33.9 Å². The van der Waals surface area contributed by atoms with Crippen LogP contribution in [-0.2, 0) is 23.6 Å². The Bertz CT molecular complexity index is 1420. The minimum atomic E-state index is -5.37. The van der Waals surface area contributed by atoms with Gasteiger partial charge in [-0.25, -0.2) is 14.4 Å². The quantitative estimate of drug-likeness (QED) is 0.414. The lowest BCUT2D eigenvalue weighted by atomic mass is 10.1. The summed E-state index contributed by atoms with van der Waals surface area (Å²) in [6, 6.07) is 5.42. The maximum Gasteiger partial charge on any atom is 0.491 e. The topological polar surface area (TPSA) is 120 Å². The molecule has 0 atom stereocenters. The number of hydrogen-bond donors (Lipinski definition) is 1. The highest BCUT2D eigenvalue weighted by molar-refractivity contribution is 6.01. The molecule has 1 saturated heterocycles. The molecule has 0 saturated carbocycles. The Labute approximate surface area is 189 Å². The van der Waals surface area contributed by atoms with E-state index < -0.39 is 34.9 Å². The number of nitrogens with zero attached hydrogens (tertiary/aromatic N) is 5. The number of fused-ring (bicyclic) bond motifs is 1. The van der Waals surface area contributed by atoms with Gasteiger partial charge < -0.3 is 15.0 Å². The van der Waals surface area contributed by atoms with Crippen molar-refractivity contribution in [3.63, 3.8) is 0 Å². The van der Waals surface area contributed by atoms with E-state index in [0.29, 0.717) is 26.2 Å². The van der Waals surface area contributed by atoms with E-state index in [1.54, 1.807) is 0 Å². The second kappa shape index (κ2) is 8.44. The van der Waals surface area contributed by atoms with Gasteiger partial charge in [0.15, 0.2) is 11.2 Å². The highest BCUT2D eigenvalue weighted by Crippen LogP contribution is 2.28. The van der Waals surface area contributed by atoms with Crippen LogP contribution in [0.25, 0.3) is 16.9 Å². The number of piperazine rings is 1.